The van der Waals surface area contributed by atoms with Crippen LogP contribution in [0.3, 0.4) is 0 Å². The second-order valence-electron chi connectivity index (χ2n) is 8.78. The van der Waals surface area contributed by atoms with E-state index in [1.165, 1.54) is 15.9 Å². The molecule has 1 aliphatic rings. The lowest BCUT2D eigenvalue weighted by Gasteiger charge is -2.20. The molecule has 5 heterocycles. The van der Waals surface area contributed by atoms with Gasteiger partial charge in [0.2, 0.25) is 5.91 Å². The lowest BCUT2D eigenvalue weighted by atomic mass is 10.2. The molecule has 0 spiro atoms. The molecule has 186 valence electrons. The van der Waals surface area contributed by atoms with Gasteiger partial charge in [0.05, 0.1) is 46.8 Å². The van der Waals surface area contributed by atoms with Gasteiger partial charge in [-0.3, -0.25) is 19.5 Å². The smallest absolute Gasteiger partial charge is 0.278 e. The normalized spacial score (nSPS) is 15.9. The van der Waals surface area contributed by atoms with E-state index in [1.807, 2.05) is 6.07 Å². The van der Waals surface area contributed by atoms with E-state index in [0.29, 0.717) is 40.2 Å². The number of pyridine rings is 2. The highest BCUT2D eigenvalue weighted by Gasteiger charge is 2.23. The van der Waals surface area contributed by atoms with Gasteiger partial charge in [-0.1, -0.05) is 5.21 Å². The van der Waals surface area contributed by atoms with Crippen LogP contribution in [0.1, 0.15) is 41.0 Å². The predicted octanol–water partition coefficient (Wildman–Crippen LogP) is 2.72. The van der Waals surface area contributed by atoms with Gasteiger partial charge >= 0.3 is 0 Å². The summed E-state index contributed by atoms with van der Waals surface area (Å²) in [5.74, 6) is -0.545. The fourth-order valence-corrected chi connectivity index (χ4v) is 5.01. The standard InChI is InChI=1S/C24H26N8O3S/c1-14-4-3-7-31(14)12-21(34)27-17-8-18(15(2)25-9-17)28-24(35)23-19-6-5-16(11-32(19)30-29-23)20-10-26-22(13-33)36-20/h5-6,8-11,14,33H,3-4,7,12-13H2,1-2H3,(H,27,34)(H,28,35)/t14-/m0/s1. The highest BCUT2D eigenvalue weighted by molar-refractivity contribution is 7.15. The van der Waals surface area contributed by atoms with E-state index in [9.17, 15) is 14.7 Å². The monoisotopic (exact) mass is 506 g/mol. The molecule has 1 atom stereocenters. The second kappa shape index (κ2) is 10.1. The molecule has 1 aliphatic heterocycles. The lowest BCUT2D eigenvalue weighted by molar-refractivity contribution is -0.117. The van der Waals surface area contributed by atoms with Gasteiger partial charge < -0.3 is 15.7 Å². The van der Waals surface area contributed by atoms with Gasteiger partial charge in [-0.05, 0) is 51.4 Å². The Hall–Kier alpha value is -3.74. The number of aryl methyl sites for hydroxylation is 1. The van der Waals surface area contributed by atoms with Crippen LogP contribution >= 0.6 is 11.3 Å². The zero-order valence-corrected chi connectivity index (χ0v) is 20.7. The summed E-state index contributed by atoms with van der Waals surface area (Å²) in [6.45, 7) is 5.04. The minimum absolute atomic E-state index is 0.112. The summed E-state index contributed by atoms with van der Waals surface area (Å²) in [5, 5.41) is 23.7. The number of hydrogen-bond acceptors (Lipinski definition) is 9. The van der Waals surface area contributed by atoms with Crippen LogP contribution in [0.25, 0.3) is 16.0 Å². The molecule has 0 saturated carbocycles. The van der Waals surface area contributed by atoms with Gasteiger partial charge in [0.1, 0.15) is 5.01 Å². The molecular formula is C24H26N8O3S. The summed E-state index contributed by atoms with van der Waals surface area (Å²) >= 11 is 1.38. The number of carbonyl (C=O) groups excluding carboxylic acids is 2. The molecule has 11 nitrogen and oxygen atoms in total. The van der Waals surface area contributed by atoms with Crippen LogP contribution in [-0.4, -0.2) is 65.7 Å². The van der Waals surface area contributed by atoms with E-state index in [2.05, 4.69) is 42.7 Å². The molecule has 4 aromatic rings. The first-order valence-electron chi connectivity index (χ1n) is 11.6. The summed E-state index contributed by atoms with van der Waals surface area (Å²) in [5.41, 5.74) is 3.15. The molecule has 12 heteroatoms. The third kappa shape index (κ3) is 4.96. The van der Waals surface area contributed by atoms with E-state index in [4.69, 9.17) is 0 Å². The first-order valence-corrected chi connectivity index (χ1v) is 12.5. The molecular weight excluding hydrogens is 480 g/mol. The number of likely N-dealkylation sites (tertiary alicyclic amines) is 1. The number of anilines is 2. The third-order valence-corrected chi connectivity index (χ3v) is 7.29. The van der Waals surface area contributed by atoms with Crippen molar-refractivity contribution in [1.82, 2.24) is 29.7 Å². The second-order valence-corrected chi connectivity index (χ2v) is 9.90. The van der Waals surface area contributed by atoms with Crippen LogP contribution in [0, 0.1) is 6.92 Å². The number of thiazole rings is 1. The Morgan fingerprint density at radius 2 is 2.08 bits per heavy atom. The average molecular weight is 507 g/mol. The fraction of sp³-hybridized carbons (Fsp3) is 0.333. The Morgan fingerprint density at radius 1 is 1.22 bits per heavy atom. The highest BCUT2D eigenvalue weighted by atomic mass is 32.1. The van der Waals surface area contributed by atoms with Gasteiger partial charge in [0.15, 0.2) is 5.69 Å². The highest BCUT2D eigenvalue weighted by Crippen LogP contribution is 2.27. The van der Waals surface area contributed by atoms with Crippen molar-refractivity contribution < 1.29 is 14.7 Å². The first kappa shape index (κ1) is 24.0. The summed E-state index contributed by atoms with van der Waals surface area (Å²) in [6.07, 6.45) is 7.23. The number of hydrogen-bond donors (Lipinski definition) is 3. The quantitative estimate of drug-likeness (QED) is 0.348. The van der Waals surface area contributed by atoms with Gasteiger partial charge in [-0.2, -0.15) is 0 Å². The summed E-state index contributed by atoms with van der Waals surface area (Å²) < 4.78 is 1.53. The van der Waals surface area contributed by atoms with E-state index >= 15 is 0 Å². The maximum Gasteiger partial charge on any atom is 0.278 e. The number of aliphatic hydroxyl groups is 1. The first-order chi connectivity index (χ1) is 17.4. The van der Waals surface area contributed by atoms with Gasteiger partial charge in [-0.25, -0.2) is 9.50 Å². The molecule has 0 bridgehead atoms. The van der Waals surface area contributed by atoms with Crippen molar-refractivity contribution in [3.8, 4) is 10.4 Å². The number of fused-ring (bicyclic) bond motifs is 1. The molecule has 1 saturated heterocycles. The van der Waals surface area contributed by atoms with Crippen LogP contribution in [0.15, 0.2) is 36.8 Å². The minimum atomic E-state index is -0.433. The van der Waals surface area contributed by atoms with E-state index in [1.54, 1.807) is 37.6 Å². The summed E-state index contributed by atoms with van der Waals surface area (Å²) in [7, 11) is 0. The van der Waals surface area contributed by atoms with Crippen LogP contribution in [0.5, 0.6) is 0 Å². The Labute approximate surface area is 211 Å². The number of aliphatic hydroxyl groups excluding tert-OH is 1. The molecule has 36 heavy (non-hydrogen) atoms. The van der Waals surface area contributed by atoms with Gasteiger partial charge in [-0.15, -0.1) is 16.4 Å². The molecule has 0 aromatic carbocycles. The van der Waals surface area contributed by atoms with E-state index < -0.39 is 5.91 Å². The molecule has 0 radical (unpaired) electrons. The van der Waals surface area contributed by atoms with Crippen molar-refractivity contribution in [2.24, 2.45) is 0 Å². The Kier molecular flexibility index (Phi) is 6.72. The SMILES string of the molecule is Cc1ncc(NC(=O)CN2CCC[C@@H]2C)cc1NC(=O)c1nnn2cc(-c3cnc(CO)s3)ccc12. The molecule has 0 unspecified atom stereocenters. The molecule has 5 rings (SSSR count). The van der Waals surface area contributed by atoms with E-state index in [0.717, 1.165) is 29.8 Å². The van der Waals surface area contributed by atoms with Crippen LogP contribution in [-0.2, 0) is 11.4 Å². The molecule has 4 aromatic heterocycles. The van der Waals surface area contributed by atoms with Crippen molar-refractivity contribution in [3.63, 3.8) is 0 Å². The Balaban J connectivity index is 1.30. The fourth-order valence-electron chi connectivity index (χ4n) is 4.24. The van der Waals surface area contributed by atoms with Crippen molar-refractivity contribution in [2.75, 3.05) is 23.7 Å². The molecule has 0 aliphatic carbocycles. The van der Waals surface area contributed by atoms with E-state index in [-0.39, 0.29) is 18.2 Å². The zero-order chi connectivity index (χ0) is 25.2. The topological polar surface area (TPSA) is 138 Å². The van der Waals surface area contributed by atoms with Gasteiger partial charge in [0.25, 0.3) is 5.91 Å². The molecule has 3 N–H and O–H groups in total. The number of amides is 2. The Morgan fingerprint density at radius 3 is 2.83 bits per heavy atom. The average Bonchev–Trinajstić information content (AvgIpc) is 3.61. The lowest BCUT2D eigenvalue weighted by Crippen LogP contribution is -2.35. The maximum absolute atomic E-state index is 13.1. The zero-order valence-electron chi connectivity index (χ0n) is 19.9. The van der Waals surface area contributed by atoms with Crippen LogP contribution in [0.4, 0.5) is 11.4 Å². The van der Waals surface area contributed by atoms with Crippen LogP contribution in [0.2, 0.25) is 0 Å². The summed E-state index contributed by atoms with van der Waals surface area (Å²) in [4.78, 5) is 37.1. The number of carbonyl (C=O) groups is 2. The van der Waals surface area contributed by atoms with Crippen molar-refractivity contribution in [3.05, 3.63) is 53.2 Å². The van der Waals surface area contributed by atoms with Crippen molar-refractivity contribution in [1.29, 1.82) is 0 Å². The minimum Gasteiger partial charge on any atom is -0.389 e. The van der Waals surface area contributed by atoms with Crippen molar-refractivity contribution >= 4 is 40.0 Å². The van der Waals surface area contributed by atoms with Crippen LogP contribution < -0.4 is 10.6 Å². The van der Waals surface area contributed by atoms with Gasteiger partial charge in [0, 0.05) is 24.0 Å². The number of rotatable bonds is 7. The Bertz CT molecular complexity index is 1430. The number of nitrogens with one attached hydrogen (secondary N) is 2. The number of aromatic nitrogens is 5. The maximum atomic E-state index is 13.1. The largest absolute Gasteiger partial charge is 0.389 e. The molecule has 2 amide bonds. The number of nitrogens with zero attached hydrogens (tertiary/aromatic N) is 6. The third-order valence-electron chi connectivity index (χ3n) is 6.26. The predicted molar refractivity (Wildman–Crippen MR) is 136 cm³/mol. The molecule has 1 fully saturated rings. The van der Waals surface area contributed by atoms with Crippen molar-refractivity contribution in [2.45, 2.75) is 39.3 Å². The summed E-state index contributed by atoms with van der Waals surface area (Å²) in [6, 6.07) is 5.71.